The molecule has 7 heteroatoms. The smallest absolute Gasteiger partial charge is 0.337 e. The quantitative estimate of drug-likeness (QED) is 0.869. The highest BCUT2D eigenvalue weighted by atomic mass is 32.2. The Morgan fingerprint density at radius 1 is 1.21 bits per heavy atom. The summed E-state index contributed by atoms with van der Waals surface area (Å²) in [4.78, 5) is 14.8. The topological polar surface area (TPSA) is 87.6 Å². The van der Waals surface area contributed by atoms with E-state index in [2.05, 4.69) is 4.98 Å². The maximum absolute atomic E-state index is 13.1. The fourth-order valence-corrected chi connectivity index (χ4v) is 4.18. The van der Waals surface area contributed by atoms with E-state index in [9.17, 15) is 13.2 Å². The van der Waals surface area contributed by atoms with Crippen LogP contribution in [-0.4, -0.2) is 31.0 Å². The van der Waals surface area contributed by atoms with Gasteiger partial charge >= 0.3 is 5.97 Å². The minimum atomic E-state index is -3.87. The van der Waals surface area contributed by atoms with E-state index < -0.39 is 16.0 Å². The molecular formula is C17H18N2O4S. The molecule has 24 heavy (non-hydrogen) atoms. The predicted octanol–water partition coefficient (Wildman–Crippen LogP) is 2.78. The molecule has 126 valence electrons. The Hall–Kier alpha value is -2.41. The van der Waals surface area contributed by atoms with E-state index in [4.69, 9.17) is 5.11 Å². The van der Waals surface area contributed by atoms with Crippen LogP contribution in [0.4, 0.5) is 5.69 Å². The van der Waals surface area contributed by atoms with Crippen LogP contribution < -0.4 is 4.31 Å². The molecule has 1 aromatic carbocycles. The lowest BCUT2D eigenvalue weighted by Crippen LogP contribution is -2.37. The second-order valence-electron chi connectivity index (χ2n) is 5.88. The molecule has 3 rings (SSSR count). The minimum absolute atomic E-state index is 0.106. The van der Waals surface area contributed by atoms with Crippen molar-refractivity contribution in [3.63, 3.8) is 0 Å². The summed E-state index contributed by atoms with van der Waals surface area (Å²) in [6.45, 7) is 0.393. The van der Waals surface area contributed by atoms with Crippen LogP contribution >= 0.6 is 0 Å². The van der Waals surface area contributed by atoms with Crippen molar-refractivity contribution in [2.75, 3.05) is 10.8 Å². The van der Waals surface area contributed by atoms with Crippen LogP contribution in [0.3, 0.4) is 0 Å². The van der Waals surface area contributed by atoms with E-state index in [1.165, 1.54) is 10.5 Å². The molecule has 1 N–H and O–H groups in total. The Morgan fingerprint density at radius 3 is 2.50 bits per heavy atom. The number of hydrogen-bond donors (Lipinski definition) is 1. The highest BCUT2D eigenvalue weighted by Crippen LogP contribution is 2.32. The first-order chi connectivity index (χ1) is 11.5. The van der Waals surface area contributed by atoms with Gasteiger partial charge in [0.25, 0.3) is 10.0 Å². The standard InChI is InChI=1S/C17H18N2O4S/c20-17(21)14-9-16(11-18-10-14)24(22,23)19(12-13-5-4-6-13)15-7-2-1-3-8-15/h1-3,7-11,13H,4-6,12H2,(H,20,21). The fourth-order valence-electron chi connectivity index (χ4n) is 2.65. The van der Waals surface area contributed by atoms with Crippen molar-refractivity contribution in [3.05, 3.63) is 54.4 Å². The van der Waals surface area contributed by atoms with Crippen molar-refractivity contribution in [2.24, 2.45) is 5.92 Å². The van der Waals surface area contributed by atoms with Gasteiger partial charge in [0.15, 0.2) is 0 Å². The van der Waals surface area contributed by atoms with Gasteiger partial charge in [-0.3, -0.25) is 9.29 Å². The number of rotatable bonds is 6. The molecule has 0 radical (unpaired) electrons. The first-order valence-electron chi connectivity index (χ1n) is 7.74. The van der Waals surface area contributed by atoms with Crippen LogP contribution in [0.2, 0.25) is 0 Å². The molecule has 0 amide bonds. The zero-order chi connectivity index (χ0) is 17.2. The number of benzene rings is 1. The molecule has 0 unspecified atom stereocenters. The Balaban J connectivity index is 2.01. The first kappa shape index (κ1) is 16.4. The fraction of sp³-hybridized carbons (Fsp3) is 0.294. The zero-order valence-corrected chi connectivity index (χ0v) is 13.8. The van der Waals surface area contributed by atoms with Crippen molar-refractivity contribution in [1.29, 1.82) is 0 Å². The number of aromatic nitrogens is 1. The highest BCUT2D eigenvalue weighted by molar-refractivity contribution is 7.92. The van der Waals surface area contributed by atoms with E-state index in [1.54, 1.807) is 24.3 Å². The second kappa shape index (κ2) is 6.60. The molecule has 2 aromatic rings. The number of para-hydroxylation sites is 1. The highest BCUT2D eigenvalue weighted by Gasteiger charge is 2.30. The van der Waals surface area contributed by atoms with Crippen molar-refractivity contribution >= 4 is 21.7 Å². The van der Waals surface area contributed by atoms with Gasteiger partial charge in [-0.05, 0) is 37.0 Å². The van der Waals surface area contributed by atoms with Crippen molar-refractivity contribution in [1.82, 2.24) is 4.98 Å². The molecule has 0 bridgehead atoms. The van der Waals surface area contributed by atoms with Crippen molar-refractivity contribution in [2.45, 2.75) is 24.2 Å². The molecule has 0 spiro atoms. The Morgan fingerprint density at radius 2 is 1.92 bits per heavy atom. The molecule has 1 aliphatic rings. The Bertz CT molecular complexity index is 833. The summed E-state index contributed by atoms with van der Waals surface area (Å²) in [5.41, 5.74) is 0.429. The molecule has 1 heterocycles. The third-order valence-electron chi connectivity index (χ3n) is 4.24. The predicted molar refractivity (Wildman–Crippen MR) is 89.5 cm³/mol. The van der Waals surface area contributed by atoms with E-state index in [0.717, 1.165) is 31.5 Å². The van der Waals surface area contributed by atoms with Gasteiger partial charge in [-0.2, -0.15) is 0 Å². The summed E-state index contributed by atoms with van der Waals surface area (Å²) in [6.07, 6.45) is 5.46. The van der Waals surface area contributed by atoms with E-state index >= 15 is 0 Å². The normalized spacial score (nSPS) is 14.8. The average molecular weight is 346 g/mol. The number of aromatic carboxylic acids is 1. The third-order valence-corrected chi connectivity index (χ3v) is 6.00. The van der Waals surface area contributed by atoms with E-state index in [0.29, 0.717) is 18.2 Å². The molecule has 1 aromatic heterocycles. The summed E-state index contributed by atoms with van der Waals surface area (Å²) in [5.74, 6) is -0.875. The largest absolute Gasteiger partial charge is 0.478 e. The third kappa shape index (κ3) is 3.26. The SMILES string of the molecule is O=C(O)c1cncc(S(=O)(=O)N(CC2CCC2)c2ccccc2)c1. The molecule has 0 aliphatic heterocycles. The lowest BCUT2D eigenvalue weighted by molar-refractivity contribution is 0.0696. The van der Waals surface area contributed by atoms with Gasteiger partial charge in [-0.15, -0.1) is 0 Å². The molecule has 0 saturated heterocycles. The summed E-state index contributed by atoms with van der Waals surface area (Å²) in [5, 5.41) is 9.07. The molecule has 0 atom stereocenters. The zero-order valence-electron chi connectivity index (χ0n) is 13.0. The minimum Gasteiger partial charge on any atom is -0.478 e. The van der Waals surface area contributed by atoms with Gasteiger partial charge in [0.2, 0.25) is 0 Å². The number of carboxylic acids is 1. The van der Waals surface area contributed by atoms with Gasteiger partial charge in [0.1, 0.15) is 4.90 Å². The lowest BCUT2D eigenvalue weighted by Gasteiger charge is -2.33. The molecule has 1 fully saturated rings. The van der Waals surface area contributed by atoms with E-state index in [-0.39, 0.29) is 10.5 Å². The number of pyridine rings is 1. The Labute approximate surface area is 140 Å². The molecule has 1 saturated carbocycles. The average Bonchev–Trinajstić information content (AvgIpc) is 2.54. The van der Waals surface area contributed by atoms with Crippen LogP contribution in [0, 0.1) is 5.92 Å². The lowest BCUT2D eigenvalue weighted by atomic mass is 9.85. The molecular weight excluding hydrogens is 328 g/mol. The van der Waals surface area contributed by atoms with Crippen LogP contribution in [0.1, 0.15) is 29.6 Å². The summed E-state index contributed by atoms with van der Waals surface area (Å²) >= 11 is 0. The number of sulfonamides is 1. The number of carbonyl (C=O) groups is 1. The molecule has 6 nitrogen and oxygen atoms in total. The van der Waals surface area contributed by atoms with Gasteiger partial charge in [-0.1, -0.05) is 24.6 Å². The van der Waals surface area contributed by atoms with Crippen molar-refractivity contribution in [3.8, 4) is 0 Å². The summed E-state index contributed by atoms with van der Waals surface area (Å²) in [6, 6.07) is 10.0. The monoisotopic (exact) mass is 346 g/mol. The summed E-state index contributed by atoms with van der Waals surface area (Å²) < 4.78 is 27.5. The van der Waals surface area contributed by atoms with Crippen LogP contribution in [0.25, 0.3) is 0 Å². The first-order valence-corrected chi connectivity index (χ1v) is 9.18. The van der Waals surface area contributed by atoms with Crippen LogP contribution in [-0.2, 0) is 10.0 Å². The van der Waals surface area contributed by atoms with Gasteiger partial charge < -0.3 is 5.11 Å². The van der Waals surface area contributed by atoms with Crippen LogP contribution in [0.5, 0.6) is 0 Å². The number of anilines is 1. The van der Waals surface area contributed by atoms with Crippen LogP contribution in [0.15, 0.2) is 53.7 Å². The second-order valence-corrected chi connectivity index (χ2v) is 7.75. The number of carboxylic acid groups (broad SMARTS) is 1. The number of nitrogens with zero attached hydrogens (tertiary/aromatic N) is 2. The maximum Gasteiger partial charge on any atom is 0.337 e. The van der Waals surface area contributed by atoms with Gasteiger partial charge in [-0.25, -0.2) is 13.2 Å². The van der Waals surface area contributed by atoms with Gasteiger partial charge in [0, 0.05) is 18.9 Å². The number of hydrogen-bond acceptors (Lipinski definition) is 4. The van der Waals surface area contributed by atoms with Gasteiger partial charge in [0.05, 0.1) is 11.3 Å². The Kier molecular flexibility index (Phi) is 4.53. The van der Waals surface area contributed by atoms with E-state index in [1.807, 2.05) is 6.07 Å². The maximum atomic E-state index is 13.1. The summed E-state index contributed by atoms with van der Waals surface area (Å²) in [7, 11) is -3.87. The van der Waals surface area contributed by atoms with Crippen molar-refractivity contribution < 1.29 is 18.3 Å². The molecule has 1 aliphatic carbocycles.